The van der Waals surface area contributed by atoms with Crippen LogP contribution in [-0.2, 0) is 16.6 Å². The van der Waals surface area contributed by atoms with Gasteiger partial charge in [0.25, 0.3) is 0 Å². The standard InChI is InChI=1S/C19H27F3N2O3S/c1-23(28(25,26)14-19(20,21)22)12-16-10-18(11-16)27-17-6-4-15(5-7-17)13-24-8-2-3-9-24/h4-7,16,18H,2-3,8-14H2,1H3. The van der Waals surface area contributed by atoms with Crippen LogP contribution in [0.3, 0.4) is 0 Å². The number of nitrogens with zero attached hydrogens (tertiary/aromatic N) is 2. The molecule has 0 unspecified atom stereocenters. The first kappa shape index (κ1) is 21.4. The Balaban J connectivity index is 1.40. The van der Waals surface area contributed by atoms with E-state index in [-0.39, 0.29) is 18.6 Å². The molecule has 1 saturated carbocycles. The van der Waals surface area contributed by atoms with Gasteiger partial charge in [-0.3, -0.25) is 4.90 Å². The molecule has 3 rings (SSSR count). The molecule has 1 aliphatic heterocycles. The molecule has 0 bridgehead atoms. The van der Waals surface area contributed by atoms with Gasteiger partial charge in [0.2, 0.25) is 10.0 Å². The minimum absolute atomic E-state index is 0.0202. The molecular formula is C19H27F3N2O3S. The van der Waals surface area contributed by atoms with Crippen LogP contribution >= 0.6 is 0 Å². The van der Waals surface area contributed by atoms with Gasteiger partial charge in [0, 0.05) is 20.1 Å². The summed E-state index contributed by atoms with van der Waals surface area (Å²) in [5.74, 6) is -1.02. The number of rotatable bonds is 8. The monoisotopic (exact) mass is 420 g/mol. The van der Waals surface area contributed by atoms with E-state index in [0.29, 0.717) is 12.8 Å². The quantitative estimate of drug-likeness (QED) is 0.648. The van der Waals surface area contributed by atoms with E-state index in [1.165, 1.54) is 25.5 Å². The van der Waals surface area contributed by atoms with E-state index in [0.717, 1.165) is 29.7 Å². The number of likely N-dealkylation sites (tertiary alicyclic amines) is 1. The van der Waals surface area contributed by atoms with E-state index >= 15 is 0 Å². The molecule has 1 aromatic rings. The summed E-state index contributed by atoms with van der Waals surface area (Å²) < 4.78 is 67.2. The highest BCUT2D eigenvalue weighted by atomic mass is 32.2. The van der Waals surface area contributed by atoms with Gasteiger partial charge in [0.15, 0.2) is 5.75 Å². The molecule has 1 aromatic carbocycles. The number of hydrogen-bond donors (Lipinski definition) is 0. The van der Waals surface area contributed by atoms with Crippen molar-refractivity contribution in [2.24, 2.45) is 5.92 Å². The molecule has 5 nitrogen and oxygen atoms in total. The lowest BCUT2D eigenvalue weighted by molar-refractivity contribution is -0.107. The first-order chi connectivity index (χ1) is 13.1. The van der Waals surface area contributed by atoms with Crippen molar-refractivity contribution in [1.82, 2.24) is 9.21 Å². The van der Waals surface area contributed by atoms with E-state index in [1.807, 2.05) is 12.1 Å². The largest absolute Gasteiger partial charge is 0.490 e. The minimum Gasteiger partial charge on any atom is -0.490 e. The van der Waals surface area contributed by atoms with Gasteiger partial charge in [-0.05, 0) is 62.4 Å². The van der Waals surface area contributed by atoms with Gasteiger partial charge in [-0.2, -0.15) is 13.2 Å². The fourth-order valence-electron chi connectivity index (χ4n) is 3.78. The van der Waals surface area contributed by atoms with Crippen LogP contribution in [0.4, 0.5) is 13.2 Å². The van der Waals surface area contributed by atoms with Crippen LogP contribution < -0.4 is 4.74 Å². The number of benzene rings is 1. The number of sulfonamides is 1. The second-order valence-corrected chi connectivity index (χ2v) is 9.93. The third kappa shape index (κ3) is 6.09. The summed E-state index contributed by atoms with van der Waals surface area (Å²) in [6.45, 7) is 3.33. The van der Waals surface area contributed by atoms with Crippen LogP contribution in [0.2, 0.25) is 0 Å². The summed E-state index contributed by atoms with van der Waals surface area (Å²) in [6, 6.07) is 8.00. The average Bonchev–Trinajstić information content (AvgIpc) is 3.05. The minimum atomic E-state index is -4.72. The molecule has 2 aliphatic rings. The van der Waals surface area contributed by atoms with Crippen LogP contribution in [-0.4, -0.2) is 62.3 Å². The van der Waals surface area contributed by atoms with E-state index in [1.54, 1.807) is 0 Å². The van der Waals surface area contributed by atoms with Crippen LogP contribution in [0.15, 0.2) is 24.3 Å². The van der Waals surface area contributed by atoms with Crippen molar-refractivity contribution in [1.29, 1.82) is 0 Å². The van der Waals surface area contributed by atoms with E-state index in [9.17, 15) is 21.6 Å². The van der Waals surface area contributed by atoms with Crippen molar-refractivity contribution in [3.63, 3.8) is 0 Å². The first-order valence-corrected chi connectivity index (χ1v) is 11.2. The molecule has 0 N–H and O–H groups in total. The smallest absolute Gasteiger partial charge is 0.404 e. The number of hydrogen-bond acceptors (Lipinski definition) is 4. The molecule has 0 radical (unpaired) electrons. The van der Waals surface area contributed by atoms with E-state index in [2.05, 4.69) is 17.0 Å². The van der Waals surface area contributed by atoms with Crippen LogP contribution in [0, 0.1) is 5.92 Å². The molecule has 0 amide bonds. The van der Waals surface area contributed by atoms with Crippen molar-refractivity contribution in [2.45, 2.75) is 44.5 Å². The Morgan fingerprint density at radius 1 is 1.14 bits per heavy atom. The highest BCUT2D eigenvalue weighted by molar-refractivity contribution is 7.89. The van der Waals surface area contributed by atoms with Crippen molar-refractivity contribution >= 4 is 10.0 Å². The zero-order valence-corrected chi connectivity index (χ0v) is 16.8. The second-order valence-electron chi connectivity index (χ2n) is 7.86. The van der Waals surface area contributed by atoms with Gasteiger partial charge >= 0.3 is 6.18 Å². The SMILES string of the molecule is CN(CC1CC(Oc2ccc(CN3CCCC3)cc2)C1)S(=O)(=O)CC(F)(F)F. The van der Waals surface area contributed by atoms with Gasteiger partial charge < -0.3 is 4.74 Å². The van der Waals surface area contributed by atoms with Gasteiger partial charge in [0.05, 0.1) is 6.10 Å². The highest BCUT2D eigenvalue weighted by Crippen LogP contribution is 2.33. The summed E-state index contributed by atoms with van der Waals surface area (Å²) in [7, 11) is -3.11. The zero-order chi connectivity index (χ0) is 20.4. The molecule has 0 aromatic heterocycles. The molecule has 0 spiro atoms. The van der Waals surface area contributed by atoms with Crippen molar-refractivity contribution in [3.05, 3.63) is 29.8 Å². The average molecular weight is 420 g/mol. The molecular weight excluding hydrogens is 393 g/mol. The van der Waals surface area contributed by atoms with Crippen molar-refractivity contribution < 1.29 is 26.3 Å². The third-order valence-corrected chi connectivity index (χ3v) is 7.15. The molecule has 28 heavy (non-hydrogen) atoms. The summed E-state index contributed by atoms with van der Waals surface area (Å²) in [4.78, 5) is 2.43. The molecule has 158 valence electrons. The Hall–Kier alpha value is -1.32. The van der Waals surface area contributed by atoms with Gasteiger partial charge in [0.1, 0.15) is 5.75 Å². The maximum atomic E-state index is 12.4. The topological polar surface area (TPSA) is 49.9 Å². The van der Waals surface area contributed by atoms with Crippen LogP contribution in [0.25, 0.3) is 0 Å². The fraction of sp³-hybridized carbons (Fsp3) is 0.684. The summed E-state index contributed by atoms with van der Waals surface area (Å²) in [5.41, 5.74) is 1.25. The lowest BCUT2D eigenvalue weighted by Gasteiger charge is -2.37. The second kappa shape index (κ2) is 8.59. The Bertz CT molecular complexity index is 741. The number of halogens is 3. The maximum Gasteiger partial charge on any atom is 0.404 e. The molecule has 1 aliphatic carbocycles. The number of ether oxygens (including phenoxy) is 1. The molecule has 1 saturated heterocycles. The Morgan fingerprint density at radius 2 is 1.75 bits per heavy atom. The first-order valence-electron chi connectivity index (χ1n) is 9.59. The fourth-order valence-corrected chi connectivity index (χ4v) is 4.85. The molecule has 2 fully saturated rings. The summed E-state index contributed by atoms with van der Waals surface area (Å²) >= 11 is 0. The highest BCUT2D eigenvalue weighted by Gasteiger charge is 2.39. The molecule has 9 heteroatoms. The predicted molar refractivity (Wildman–Crippen MR) is 101 cm³/mol. The van der Waals surface area contributed by atoms with E-state index < -0.39 is 22.0 Å². The van der Waals surface area contributed by atoms with Gasteiger partial charge in [-0.15, -0.1) is 0 Å². The Labute approximate surface area is 164 Å². The summed E-state index contributed by atoms with van der Waals surface area (Å²) in [6.07, 6.45) is -0.941. The zero-order valence-electron chi connectivity index (χ0n) is 16.0. The lowest BCUT2D eigenvalue weighted by Crippen LogP contribution is -2.43. The lowest BCUT2D eigenvalue weighted by atomic mass is 9.82. The van der Waals surface area contributed by atoms with Gasteiger partial charge in [-0.1, -0.05) is 12.1 Å². The van der Waals surface area contributed by atoms with E-state index in [4.69, 9.17) is 4.74 Å². The Morgan fingerprint density at radius 3 is 2.32 bits per heavy atom. The molecule has 1 heterocycles. The third-order valence-electron chi connectivity index (χ3n) is 5.36. The predicted octanol–water partition coefficient (Wildman–Crippen LogP) is 3.26. The van der Waals surface area contributed by atoms with Gasteiger partial charge in [-0.25, -0.2) is 12.7 Å². The Kier molecular flexibility index (Phi) is 6.56. The van der Waals surface area contributed by atoms with Crippen LogP contribution in [0.1, 0.15) is 31.2 Å². The van der Waals surface area contributed by atoms with Crippen molar-refractivity contribution in [3.8, 4) is 5.75 Å². The number of alkyl halides is 3. The normalized spacial score (nSPS) is 23.8. The summed E-state index contributed by atoms with van der Waals surface area (Å²) in [5, 5.41) is 0. The molecule has 0 atom stereocenters. The van der Waals surface area contributed by atoms with Crippen molar-refractivity contribution in [2.75, 3.05) is 32.4 Å². The van der Waals surface area contributed by atoms with Crippen LogP contribution in [0.5, 0.6) is 5.75 Å². The maximum absolute atomic E-state index is 12.4.